The lowest BCUT2D eigenvalue weighted by molar-refractivity contribution is 0.328. The molecule has 0 aromatic carbocycles. The average Bonchev–Trinajstić information content (AvgIpc) is 1.58. The van der Waals surface area contributed by atoms with Crippen LogP contribution in [0, 0.1) is 157 Å². The van der Waals surface area contributed by atoms with Crippen molar-refractivity contribution in [1.29, 1.82) is 0 Å². The molecule has 4 aliphatic heterocycles. The molecule has 0 unspecified atom stereocenters. The number of imidazole rings is 1. The standard InChI is InChI=1S/4C10H13N.C9H12N2.4C9H11NO.2C9H11NS/c1-5-9-6-8(7-11-9)10(2,3)4;2*1-5-9-8(6-7-11-9)10(2,3)4;1-5-8-6-7-9(11-8)10(2,3)4;1-5-8-10-6-7(11-8)9(2,3)4;1-5-8-10-7(6-11-8)9(2,3)4;1-5-8-10-6-7(11-8)9(2,3)4;1-5-8-7(6-11-10-8)9(2,3)4;1-5-7-6-8(11-10-7)9(2,3)4;1-5-8-7(6-11-10-8)9(2,3)4;1-5-7-6-8(11-10-7)9(2,3)4/h3*1,6H,7H2,2-4H3;1,7H,6H2,2-4H3;1,6H,2-4H3,(H,10,11);6*1,6H,2-4H3. The van der Waals surface area contributed by atoms with Crippen LogP contribution in [0.1, 0.15) is 314 Å². The van der Waals surface area contributed by atoms with Gasteiger partial charge in [0.1, 0.15) is 52.6 Å². The van der Waals surface area contributed by atoms with Gasteiger partial charge in [0.05, 0.1) is 37.2 Å². The van der Waals surface area contributed by atoms with Crippen LogP contribution in [-0.2, 0) is 37.9 Å². The van der Waals surface area contributed by atoms with Crippen molar-refractivity contribution in [2.45, 2.75) is 273 Å². The van der Waals surface area contributed by atoms with Gasteiger partial charge in [-0.15, -0.1) is 70.7 Å². The van der Waals surface area contributed by atoms with Crippen molar-refractivity contribution >= 4 is 45.9 Å². The number of terminal acetylenes is 11. The largest absolute Gasteiger partial charge is 0.438 e. The van der Waals surface area contributed by atoms with Gasteiger partial charge in [-0.25, -0.2) is 19.9 Å². The summed E-state index contributed by atoms with van der Waals surface area (Å²) in [5, 5.41) is 9.40. The molecule has 0 radical (unpaired) electrons. The molecule has 0 atom stereocenters. The normalized spacial score (nSPS) is 13.3. The van der Waals surface area contributed by atoms with E-state index in [1.165, 1.54) is 50.2 Å². The fraction of sp³-hybridized carbons (Fsp3) is 0.466. The van der Waals surface area contributed by atoms with Gasteiger partial charge in [0.15, 0.2) is 17.2 Å². The zero-order valence-electron chi connectivity index (χ0n) is 78.4. The molecular weight excluding hydrogens is 1530 g/mol. The first-order valence-corrected chi connectivity index (χ1v) is 41.1. The summed E-state index contributed by atoms with van der Waals surface area (Å²) in [5.41, 5.74) is 16.0. The van der Waals surface area contributed by atoms with Gasteiger partial charge in [-0.2, -0.15) is 8.75 Å². The van der Waals surface area contributed by atoms with Crippen molar-refractivity contribution in [3.05, 3.63) is 168 Å². The first-order chi connectivity index (χ1) is 55.5. The molecule has 0 fully saturated rings. The number of hydrogen-bond donors (Lipinski definition) is 1. The molecule has 0 bridgehead atoms. The Bertz CT molecular complexity index is 4860. The molecule has 0 amide bonds. The minimum Gasteiger partial charge on any atom is -0.438 e. The van der Waals surface area contributed by atoms with Gasteiger partial charge in [-0.3, -0.25) is 15.0 Å². The molecule has 16 nitrogen and oxygen atoms in total. The lowest BCUT2D eigenvalue weighted by atomic mass is 9.84. The molecule has 7 aromatic rings. The Hall–Kier alpha value is -11.9. The molecule has 1 N–H and O–H groups in total. The number of H-pyrrole nitrogens is 1. The maximum Gasteiger partial charge on any atom is 0.273 e. The van der Waals surface area contributed by atoms with E-state index >= 15 is 0 Å². The van der Waals surface area contributed by atoms with E-state index < -0.39 is 0 Å². The quantitative estimate of drug-likeness (QED) is 0.141. The number of hydrogen-bond acceptors (Lipinski definition) is 17. The Morgan fingerprint density at radius 2 is 0.967 bits per heavy atom. The maximum absolute atomic E-state index is 5.30. The van der Waals surface area contributed by atoms with Gasteiger partial charge in [0, 0.05) is 78.5 Å². The van der Waals surface area contributed by atoms with Gasteiger partial charge >= 0.3 is 0 Å². The molecule has 18 heteroatoms. The van der Waals surface area contributed by atoms with Gasteiger partial charge in [-0.1, -0.05) is 281 Å². The highest BCUT2D eigenvalue weighted by Gasteiger charge is 2.28. The van der Waals surface area contributed by atoms with E-state index in [0.29, 0.717) is 29.0 Å². The fourth-order valence-corrected chi connectivity index (χ4v) is 11.3. The molecule has 7 aromatic heterocycles. The van der Waals surface area contributed by atoms with E-state index in [0.717, 1.165) is 94.5 Å². The number of aromatic nitrogens is 8. The minimum absolute atomic E-state index is 0.0118. The summed E-state index contributed by atoms with van der Waals surface area (Å²) < 4.78 is 28.3. The van der Waals surface area contributed by atoms with E-state index in [4.69, 9.17) is 88.5 Å². The molecule has 4 aliphatic rings. The van der Waals surface area contributed by atoms with E-state index in [1.54, 1.807) is 31.0 Å². The van der Waals surface area contributed by atoms with Gasteiger partial charge in [0.2, 0.25) is 0 Å². The van der Waals surface area contributed by atoms with Crippen LogP contribution in [0.15, 0.2) is 127 Å². The van der Waals surface area contributed by atoms with E-state index in [2.05, 4.69) is 329 Å². The lowest BCUT2D eigenvalue weighted by Gasteiger charge is -2.19. The van der Waals surface area contributed by atoms with Gasteiger partial charge in [0.25, 0.3) is 11.8 Å². The minimum atomic E-state index is -0.0118. The Morgan fingerprint density at radius 3 is 1.24 bits per heavy atom. The van der Waals surface area contributed by atoms with Crippen LogP contribution in [0.4, 0.5) is 0 Å². The zero-order chi connectivity index (χ0) is 93.3. The third-order valence-corrected chi connectivity index (χ3v) is 19.0. The summed E-state index contributed by atoms with van der Waals surface area (Å²) in [7, 11) is 0. The number of allylic oxidation sites excluding steroid dienone is 5. The molecule has 0 spiro atoms. The Kier molecular flexibility index (Phi) is 40.8. The van der Waals surface area contributed by atoms with Crippen molar-refractivity contribution < 1.29 is 17.9 Å². The third kappa shape index (κ3) is 37.9. The fourth-order valence-electron chi connectivity index (χ4n) is 9.64. The van der Waals surface area contributed by atoms with Crippen LogP contribution < -0.4 is 0 Å². The molecule has 638 valence electrons. The summed E-state index contributed by atoms with van der Waals surface area (Å²) in [5.74, 6) is 30.4. The topological polar surface area (TPSA) is 208 Å². The SMILES string of the molecule is C#CC1=NC(C(C)(C)C)=CC1.C#CC1=NCC(C(C)(C)C)=C1.C#CC1=NCC=C1C(C)(C)C.C#CC1=NCC=C1C(C)(C)C.C#Cc1cc(C(C)(C)C)on1.C#Cc1cc(C(C)(C)C)sn1.C#Cc1nc(C(C)(C)C)co1.C#Cc1ncc(C(C)(C)C)[nH]1.C#Cc1ncc(C(C)(C)C)o1.C#Cc1nocc1C(C)(C)C.C#Cc1nscc1C(C)(C)C. The number of rotatable bonds is 0. The smallest absolute Gasteiger partial charge is 0.273 e. The van der Waals surface area contributed by atoms with E-state index in [1.807, 2.05) is 59.1 Å². The molecule has 0 saturated carbocycles. The number of nitrogens with one attached hydrogen (secondary N) is 1. The molecule has 0 aliphatic carbocycles. The molecular formula is C103H130N12O4S2. The van der Waals surface area contributed by atoms with Gasteiger partial charge < -0.3 is 22.9 Å². The lowest BCUT2D eigenvalue weighted by Crippen LogP contribution is -2.14. The van der Waals surface area contributed by atoms with E-state index in [-0.39, 0.29) is 59.6 Å². The molecule has 11 rings (SSSR count). The van der Waals surface area contributed by atoms with E-state index in [9.17, 15) is 0 Å². The summed E-state index contributed by atoms with van der Waals surface area (Å²) in [6, 6.07) is 3.77. The molecule has 11 heterocycles. The second kappa shape index (κ2) is 46.1. The van der Waals surface area contributed by atoms with Crippen LogP contribution in [0.5, 0.6) is 0 Å². The molecule has 121 heavy (non-hydrogen) atoms. The third-order valence-electron chi connectivity index (χ3n) is 17.1. The van der Waals surface area contributed by atoms with Crippen molar-refractivity contribution in [3.8, 4) is 136 Å². The zero-order valence-corrected chi connectivity index (χ0v) is 80.0. The summed E-state index contributed by atoms with van der Waals surface area (Å²) in [4.78, 5) is 33.2. The van der Waals surface area contributed by atoms with Crippen molar-refractivity contribution in [2.24, 2.45) is 41.6 Å². The maximum atomic E-state index is 5.30. The Labute approximate surface area is 736 Å². The summed E-state index contributed by atoms with van der Waals surface area (Å²) in [6.07, 6.45) is 73.1. The number of aliphatic imine (C=N–C) groups is 4. The predicted octanol–water partition coefficient (Wildman–Crippen LogP) is 22.9. The van der Waals surface area contributed by atoms with Crippen molar-refractivity contribution in [1.82, 2.24) is 39.0 Å². The summed E-state index contributed by atoms with van der Waals surface area (Å²) in [6.45, 7) is 72.0. The Morgan fingerprint density at radius 1 is 0.430 bits per heavy atom. The van der Waals surface area contributed by atoms with Crippen LogP contribution in [0.2, 0.25) is 0 Å². The number of oxazole rings is 2. The van der Waals surface area contributed by atoms with Crippen LogP contribution in [-0.4, -0.2) is 81.5 Å². The number of nitrogens with zero attached hydrogens (tertiary/aromatic N) is 11. The first kappa shape index (κ1) is 107. The highest BCUT2D eigenvalue weighted by molar-refractivity contribution is 7.06. The monoisotopic (exact) mass is 1660 g/mol. The van der Waals surface area contributed by atoms with Crippen LogP contribution >= 0.6 is 23.1 Å². The van der Waals surface area contributed by atoms with Crippen LogP contribution in [0.3, 0.4) is 0 Å². The molecule has 0 saturated heterocycles. The van der Waals surface area contributed by atoms with Crippen LogP contribution in [0.25, 0.3) is 0 Å². The van der Waals surface area contributed by atoms with Crippen molar-refractivity contribution in [3.63, 3.8) is 0 Å². The summed E-state index contributed by atoms with van der Waals surface area (Å²) >= 11 is 2.91. The highest BCUT2D eigenvalue weighted by Crippen LogP contribution is 2.34. The second-order valence-electron chi connectivity index (χ2n) is 39.2. The second-order valence-corrected chi connectivity index (χ2v) is 40.6. The predicted molar refractivity (Wildman–Crippen MR) is 510 cm³/mol. The highest BCUT2D eigenvalue weighted by atomic mass is 32.1. The van der Waals surface area contributed by atoms with Gasteiger partial charge in [-0.05, 0) is 126 Å². The van der Waals surface area contributed by atoms with Crippen molar-refractivity contribution in [2.75, 3.05) is 19.6 Å². The first-order valence-electron chi connectivity index (χ1n) is 39.5. The number of aromatic amines is 1. The average molecular weight is 1660 g/mol. The Balaban J connectivity index is 0.000000665.